The van der Waals surface area contributed by atoms with Crippen LogP contribution in [0.2, 0.25) is 0 Å². The molecule has 0 bridgehead atoms. The van der Waals surface area contributed by atoms with Crippen LogP contribution in [0.3, 0.4) is 0 Å². The quantitative estimate of drug-likeness (QED) is 0.617. The van der Waals surface area contributed by atoms with Gasteiger partial charge in [-0.1, -0.05) is 41.0 Å². The molecule has 0 saturated carbocycles. The van der Waals surface area contributed by atoms with Crippen molar-refractivity contribution < 1.29 is 4.74 Å². The highest BCUT2D eigenvalue weighted by atomic mass is 16.5. The molecule has 1 heteroatoms. The monoisotopic (exact) mass is 174 g/mol. The van der Waals surface area contributed by atoms with Gasteiger partial charge in [0, 0.05) is 13.7 Å². The third kappa shape index (κ3) is 8.06. The van der Waals surface area contributed by atoms with Crippen molar-refractivity contribution in [3.05, 3.63) is 0 Å². The Hall–Kier alpha value is -0.0400. The average molecular weight is 174 g/mol. The first-order valence-corrected chi connectivity index (χ1v) is 5.21. The van der Waals surface area contributed by atoms with Crippen molar-refractivity contribution >= 4 is 0 Å². The minimum Gasteiger partial charge on any atom is -0.385 e. The van der Waals surface area contributed by atoms with E-state index in [1.807, 2.05) is 13.8 Å². The van der Waals surface area contributed by atoms with Crippen LogP contribution in [0.15, 0.2) is 0 Å². The minimum absolute atomic E-state index is 0.810. The van der Waals surface area contributed by atoms with Crippen LogP contribution >= 0.6 is 0 Å². The fourth-order valence-electron chi connectivity index (χ4n) is 0.991. The lowest BCUT2D eigenvalue weighted by atomic mass is 9.91. The summed E-state index contributed by atoms with van der Waals surface area (Å²) in [5.74, 6) is 1.65. The standard InChI is InChI=1S/C9H20O.C2H6/c1-5-8(2)9(3)6-7-10-4;1-2/h8-9H,5-7H2,1-4H3;1-2H3. The summed E-state index contributed by atoms with van der Waals surface area (Å²) in [6, 6.07) is 0. The zero-order valence-electron chi connectivity index (χ0n) is 9.68. The van der Waals surface area contributed by atoms with Crippen LogP contribution in [0.5, 0.6) is 0 Å². The SMILES string of the molecule is CC.CCC(C)C(C)CCOC. The molecule has 0 amide bonds. The van der Waals surface area contributed by atoms with Gasteiger partial charge >= 0.3 is 0 Å². The van der Waals surface area contributed by atoms with Gasteiger partial charge in [-0.3, -0.25) is 0 Å². The topological polar surface area (TPSA) is 9.23 Å². The molecule has 0 fully saturated rings. The molecule has 0 aliphatic carbocycles. The van der Waals surface area contributed by atoms with Gasteiger partial charge in [-0.15, -0.1) is 0 Å². The Morgan fingerprint density at radius 1 is 1.08 bits per heavy atom. The summed E-state index contributed by atoms with van der Waals surface area (Å²) in [5, 5.41) is 0. The second kappa shape index (κ2) is 11.0. The molecule has 0 aromatic carbocycles. The van der Waals surface area contributed by atoms with E-state index in [0.717, 1.165) is 18.4 Å². The first-order chi connectivity index (χ1) is 5.72. The number of hydrogen-bond acceptors (Lipinski definition) is 1. The van der Waals surface area contributed by atoms with Crippen LogP contribution in [0, 0.1) is 11.8 Å². The van der Waals surface area contributed by atoms with Gasteiger partial charge in [-0.2, -0.15) is 0 Å². The van der Waals surface area contributed by atoms with E-state index >= 15 is 0 Å². The van der Waals surface area contributed by atoms with Crippen LogP contribution in [-0.2, 0) is 4.74 Å². The van der Waals surface area contributed by atoms with Gasteiger partial charge in [0.05, 0.1) is 0 Å². The fourth-order valence-corrected chi connectivity index (χ4v) is 0.991. The molecule has 0 aromatic heterocycles. The molecule has 0 radical (unpaired) electrons. The minimum atomic E-state index is 0.810. The van der Waals surface area contributed by atoms with Crippen LogP contribution in [-0.4, -0.2) is 13.7 Å². The molecule has 0 N–H and O–H groups in total. The zero-order chi connectivity index (χ0) is 9.98. The van der Waals surface area contributed by atoms with E-state index in [9.17, 15) is 0 Å². The lowest BCUT2D eigenvalue weighted by Gasteiger charge is -2.16. The number of methoxy groups -OCH3 is 1. The maximum absolute atomic E-state index is 5.01. The Morgan fingerprint density at radius 3 is 1.92 bits per heavy atom. The summed E-state index contributed by atoms with van der Waals surface area (Å²) in [6.45, 7) is 11.8. The Labute approximate surface area is 78.5 Å². The molecule has 0 aliphatic heterocycles. The largest absolute Gasteiger partial charge is 0.385 e. The predicted molar refractivity (Wildman–Crippen MR) is 56.5 cm³/mol. The van der Waals surface area contributed by atoms with E-state index < -0.39 is 0 Å². The van der Waals surface area contributed by atoms with E-state index in [1.54, 1.807) is 7.11 Å². The Kier molecular flexibility index (Phi) is 13.2. The van der Waals surface area contributed by atoms with Gasteiger partial charge in [0.15, 0.2) is 0 Å². The fraction of sp³-hybridized carbons (Fsp3) is 1.00. The summed E-state index contributed by atoms with van der Waals surface area (Å²) < 4.78 is 5.01. The first kappa shape index (κ1) is 14.5. The smallest absolute Gasteiger partial charge is 0.0464 e. The molecule has 0 aliphatic rings. The molecule has 0 saturated heterocycles. The van der Waals surface area contributed by atoms with Crippen molar-refractivity contribution in [3.8, 4) is 0 Å². The van der Waals surface area contributed by atoms with Gasteiger partial charge in [-0.05, 0) is 18.3 Å². The summed E-state index contributed by atoms with van der Waals surface area (Å²) >= 11 is 0. The van der Waals surface area contributed by atoms with E-state index in [2.05, 4.69) is 20.8 Å². The van der Waals surface area contributed by atoms with Gasteiger partial charge in [-0.25, -0.2) is 0 Å². The Morgan fingerprint density at radius 2 is 1.58 bits per heavy atom. The maximum atomic E-state index is 5.01. The van der Waals surface area contributed by atoms with Gasteiger partial charge in [0.25, 0.3) is 0 Å². The normalized spacial score (nSPS) is 14.5. The molecule has 0 heterocycles. The van der Waals surface area contributed by atoms with Crippen LogP contribution in [0.4, 0.5) is 0 Å². The summed E-state index contributed by atoms with van der Waals surface area (Å²) in [4.78, 5) is 0. The van der Waals surface area contributed by atoms with E-state index in [0.29, 0.717) is 0 Å². The molecule has 2 unspecified atom stereocenters. The highest BCUT2D eigenvalue weighted by Crippen LogP contribution is 2.17. The second-order valence-corrected chi connectivity index (χ2v) is 3.14. The molecule has 1 nitrogen and oxygen atoms in total. The molecule has 76 valence electrons. The van der Waals surface area contributed by atoms with Gasteiger partial charge < -0.3 is 4.74 Å². The lowest BCUT2D eigenvalue weighted by Crippen LogP contribution is -2.09. The molecule has 2 atom stereocenters. The Bertz CT molecular complexity index is 71.4. The van der Waals surface area contributed by atoms with E-state index in [4.69, 9.17) is 4.74 Å². The summed E-state index contributed by atoms with van der Waals surface area (Å²) in [6.07, 6.45) is 2.48. The van der Waals surface area contributed by atoms with Crippen molar-refractivity contribution in [3.63, 3.8) is 0 Å². The van der Waals surface area contributed by atoms with Crippen LogP contribution in [0.1, 0.15) is 47.5 Å². The average Bonchev–Trinajstić information content (AvgIpc) is 2.16. The highest BCUT2D eigenvalue weighted by Gasteiger charge is 2.08. The predicted octanol–water partition coefficient (Wildman–Crippen LogP) is 3.73. The molecular formula is C11H26O. The highest BCUT2D eigenvalue weighted by molar-refractivity contribution is 4.59. The molecule has 12 heavy (non-hydrogen) atoms. The number of ether oxygens (including phenoxy) is 1. The number of rotatable bonds is 5. The van der Waals surface area contributed by atoms with Crippen molar-refractivity contribution in [2.24, 2.45) is 11.8 Å². The zero-order valence-corrected chi connectivity index (χ0v) is 9.68. The second-order valence-electron chi connectivity index (χ2n) is 3.14. The van der Waals surface area contributed by atoms with Crippen molar-refractivity contribution in [2.45, 2.75) is 47.5 Å². The third-order valence-electron chi connectivity index (χ3n) is 2.39. The van der Waals surface area contributed by atoms with Crippen molar-refractivity contribution in [2.75, 3.05) is 13.7 Å². The lowest BCUT2D eigenvalue weighted by molar-refractivity contribution is 0.167. The van der Waals surface area contributed by atoms with E-state index in [-0.39, 0.29) is 0 Å². The summed E-state index contributed by atoms with van der Waals surface area (Å²) in [5.41, 5.74) is 0. The first-order valence-electron chi connectivity index (χ1n) is 5.21. The molecule has 0 aromatic rings. The van der Waals surface area contributed by atoms with Gasteiger partial charge in [0.1, 0.15) is 0 Å². The van der Waals surface area contributed by atoms with Crippen molar-refractivity contribution in [1.82, 2.24) is 0 Å². The Balaban J connectivity index is 0. The molecular weight excluding hydrogens is 148 g/mol. The van der Waals surface area contributed by atoms with Crippen LogP contribution in [0.25, 0.3) is 0 Å². The van der Waals surface area contributed by atoms with E-state index in [1.165, 1.54) is 12.8 Å². The third-order valence-corrected chi connectivity index (χ3v) is 2.39. The van der Waals surface area contributed by atoms with Crippen molar-refractivity contribution in [1.29, 1.82) is 0 Å². The number of hydrogen-bond donors (Lipinski definition) is 0. The van der Waals surface area contributed by atoms with Gasteiger partial charge in [0.2, 0.25) is 0 Å². The molecule has 0 rings (SSSR count). The molecule has 0 spiro atoms. The summed E-state index contributed by atoms with van der Waals surface area (Å²) in [7, 11) is 1.77. The van der Waals surface area contributed by atoms with Crippen LogP contribution < -0.4 is 0 Å². The maximum Gasteiger partial charge on any atom is 0.0464 e.